The maximum absolute atomic E-state index is 11.9. The molecule has 1 aromatic carbocycles. The fourth-order valence-corrected chi connectivity index (χ4v) is 1.85. The number of nitrogens with zero attached hydrogens (tertiary/aromatic N) is 1. The summed E-state index contributed by atoms with van der Waals surface area (Å²) in [6.45, 7) is 1.75. The minimum atomic E-state index is -0.523. The lowest BCUT2D eigenvalue weighted by Gasteiger charge is -2.06. The largest absolute Gasteiger partial charge is 0.329 e. The van der Waals surface area contributed by atoms with Crippen LogP contribution in [0, 0.1) is 6.92 Å². The number of benzene rings is 1. The summed E-state index contributed by atoms with van der Waals surface area (Å²) >= 11 is 11.5. The summed E-state index contributed by atoms with van der Waals surface area (Å²) in [6, 6.07) is 6.94. The molecule has 1 heterocycles. The van der Waals surface area contributed by atoms with Gasteiger partial charge in [0, 0.05) is 10.6 Å². The molecule has 18 heavy (non-hydrogen) atoms. The van der Waals surface area contributed by atoms with Crippen LogP contribution in [0.3, 0.4) is 0 Å². The van der Waals surface area contributed by atoms with Crippen molar-refractivity contribution < 1.29 is 0 Å². The highest BCUT2D eigenvalue weighted by Gasteiger charge is 2.09. The summed E-state index contributed by atoms with van der Waals surface area (Å²) in [7, 11) is 0. The number of halogens is 2. The highest BCUT2D eigenvalue weighted by atomic mass is 35.5. The van der Waals surface area contributed by atoms with E-state index in [1.54, 1.807) is 31.2 Å². The number of nitrogens with one attached hydrogen (secondary N) is 1. The predicted molar refractivity (Wildman–Crippen MR) is 71.6 cm³/mol. The van der Waals surface area contributed by atoms with Crippen molar-refractivity contribution in [3.8, 4) is 0 Å². The molecule has 0 unspecified atom stereocenters. The molecule has 0 saturated carbocycles. The Morgan fingerprint density at radius 2 is 1.78 bits per heavy atom. The molecular formula is C12H10Cl2N2O2. The van der Waals surface area contributed by atoms with Crippen LogP contribution in [-0.2, 0) is 6.54 Å². The molecule has 0 spiro atoms. The first-order valence-corrected chi connectivity index (χ1v) is 5.98. The second-order valence-corrected chi connectivity index (χ2v) is 4.70. The monoisotopic (exact) mass is 284 g/mol. The Morgan fingerprint density at radius 3 is 2.39 bits per heavy atom. The van der Waals surface area contributed by atoms with E-state index < -0.39 is 11.2 Å². The smallest absolute Gasteiger partial charge is 0.297 e. The van der Waals surface area contributed by atoms with Gasteiger partial charge in [-0.2, -0.15) is 0 Å². The SMILES string of the molecule is Cc1c(Cl)[nH]c(=O)n(Cc2ccc(Cl)cc2)c1=O. The minimum absolute atomic E-state index is 0.0809. The van der Waals surface area contributed by atoms with E-state index in [1.807, 2.05) is 0 Å². The van der Waals surface area contributed by atoms with Crippen molar-refractivity contribution in [2.75, 3.05) is 0 Å². The van der Waals surface area contributed by atoms with Gasteiger partial charge < -0.3 is 0 Å². The van der Waals surface area contributed by atoms with E-state index in [-0.39, 0.29) is 11.7 Å². The zero-order chi connectivity index (χ0) is 13.3. The molecule has 0 bridgehead atoms. The Kier molecular flexibility index (Phi) is 3.59. The van der Waals surface area contributed by atoms with Crippen LogP contribution in [0.1, 0.15) is 11.1 Å². The van der Waals surface area contributed by atoms with E-state index in [2.05, 4.69) is 4.98 Å². The van der Waals surface area contributed by atoms with Crippen LogP contribution in [0.25, 0.3) is 0 Å². The molecule has 1 aromatic heterocycles. The molecular weight excluding hydrogens is 275 g/mol. The first kappa shape index (κ1) is 12.9. The fourth-order valence-electron chi connectivity index (χ4n) is 1.56. The standard InChI is InChI=1S/C12H10Cl2N2O2/c1-7-10(14)15-12(18)16(11(7)17)6-8-2-4-9(13)5-3-8/h2-5H,6H2,1H3,(H,15,18). The van der Waals surface area contributed by atoms with Gasteiger partial charge in [-0.1, -0.05) is 35.3 Å². The van der Waals surface area contributed by atoms with Crippen LogP contribution < -0.4 is 11.2 Å². The maximum atomic E-state index is 11.9. The van der Waals surface area contributed by atoms with Gasteiger partial charge >= 0.3 is 5.69 Å². The highest BCUT2D eigenvalue weighted by molar-refractivity contribution is 6.30. The molecule has 2 aromatic rings. The fraction of sp³-hybridized carbons (Fsp3) is 0.167. The van der Waals surface area contributed by atoms with E-state index in [4.69, 9.17) is 23.2 Å². The van der Waals surface area contributed by atoms with Crippen molar-refractivity contribution >= 4 is 23.2 Å². The summed E-state index contributed by atoms with van der Waals surface area (Å²) in [5.74, 6) is 0. The number of H-pyrrole nitrogens is 1. The van der Waals surface area contributed by atoms with Crippen molar-refractivity contribution in [1.82, 2.24) is 9.55 Å². The summed E-state index contributed by atoms with van der Waals surface area (Å²) < 4.78 is 1.10. The second kappa shape index (κ2) is 5.00. The summed E-state index contributed by atoms with van der Waals surface area (Å²) in [5, 5.41) is 0.685. The van der Waals surface area contributed by atoms with Crippen LogP contribution in [0.15, 0.2) is 33.9 Å². The van der Waals surface area contributed by atoms with E-state index in [0.29, 0.717) is 10.6 Å². The number of aromatic nitrogens is 2. The van der Waals surface area contributed by atoms with Crippen molar-refractivity contribution in [2.45, 2.75) is 13.5 Å². The molecule has 0 radical (unpaired) electrons. The maximum Gasteiger partial charge on any atom is 0.329 e. The average molecular weight is 285 g/mol. The van der Waals surface area contributed by atoms with Gasteiger partial charge in [-0.05, 0) is 24.6 Å². The van der Waals surface area contributed by atoms with Crippen LogP contribution in [0.2, 0.25) is 10.2 Å². The van der Waals surface area contributed by atoms with Crippen molar-refractivity contribution in [2.24, 2.45) is 0 Å². The molecule has 0 aliphatic heterocycles. The van der Waals surface area contributed by atoms with E-state index in [0.717, 1.165) is 10.1 Å². The molecule has 2 rings (SSSR count). The van der Waals surface area contributed by atoms with Crippen LogP contribution in [0.5, 0.6) is 0 Å². The predicted octanol–water partition coefficient (Wildman–Crippen LogP) is 2.20. The molecule has 0 fully saturated rings. The summed E-state index contributed by atoms with van der Waals surface area (Å²) in [5.41, 5.74) is 0.225. The van der Waals surface area contributed by atoms with E-state index >= 15 is 0 Å². The molecule has 1 N–H and O–H groups in total. The normalized spacial score (nSPS) is 10.6. The lowest BCUT2D eigenvalue weighted by molar-refractivity contribution is 0.692. The minimum Gasteiger partial charge on any atom is -0.297 e. The van der Waals surface area contributed by atoms with Crippen molar-refractivity contribution in [3.63, 3.8) is 0 Å². The lowest BCUT2D eigenvalue weighted by Crippen LogP contribution is -2.36. The summed E-state index contributed by atoms with van der Waals surface area (Å²) in [6.07, 6.45) is 0. The molecule has 0 amide bonds. The topological polar surface area (TPSA) is 54.9 Å². The van der Waals surface area contributed by atoms with Crippen LogP contribution >= 0.6 is 23.2 Å². The van der Waals surface area contributed by atoms with Gasteiger partial charge in [0.2, 0.25) is 0 Å². The molecule has 6 heteroatoms. The average Bonchev–Trinajstić information content (AvgIpc) is 2.34. The Labute approximate surface area is 113 Å². The first-order valence-electron chi connectivity index (χ1n) is 5.22. The quantitative estimate of drug-likeness (QED) is 0.860. The first-order chi connectivity index (χ1) is 8.49. The third-order valence-corrected chi connectivity index (χ3v) is 3.24. The summed E-state index contributed by atoms with van der Waals surface area (Å²) in [4.78, 5) is 26.0. The molecule has 0 saturated heterocycles. The van der Waals surface area contributed by atoms with Crippen molar-refractivity contribution in [1.29, 1.82) is 0 Å². The van der Waals surface area contributed by atoms with Gasteiger partial charge in [-0.3, -0.25) is 14.3 Å². The van der Waals surface area contributed by atoms with E-state index in [1.165, 1.54) is 0 Å². The van der Waals surface area contributed by atoms with Gasteiger partial charge in [0.05, 0.1) is 6.54 Å². The number of hydrogen-bond donors (Lipinski definition) is 1. The Hall–Kier alpha value is -1.52. The molecule has 94 valence electrons. The van der Waals surface area contributed by atoms with Gasteiger partial charge in [-0.25, -0.2) is 4.79 Å². The van der Waals surface area contributed by atoms with Crippen molar-refractivity contribution in [3.05, 3.63) is 66.4 Å². The Bertz CT molecular complexity index is 687. The molecule has 0 atom stereocenters. The lowest BCUT2D eigenvalue weighted by atomic mass is 10.2. The number of hydrogen-bond acceptors (Lipinski definition) is 2. The van der Waals surface area contributed by atoms with E-state index in [9.17, 15) is 9.59 Å². The zero-order valence-corrected chi connectivity index (χ0v) is 11.0. The van der Waals surface area contributed by atoms with Gasteiger partial charge in [-0.15, -0.1) is 0 Å². The number of rotatable bonds is 2. The van der Waals surface area contributed by atoms with Gasteiger partial charge in [0.25, 0.3) is 5.56 Å². The Balaban J connectivity index is 2.47. The molecule has 4 nitrogen and oxygen atoms in total. The zero-order valence-electron chi connectivity index (χ0n) is 9.54. The Morgan fingerprint density at radius 1 is 1.17 bits per heavy atom. The second-order valence-electron chi connectivity index (χ2n) is 3.89. The van der Waals surface area contributed by atoms with Crippen LogP contribution in [0.4, 0.5) is 0 Å². The van der Waals surface area contributed by atoms with Gasteiger partial charge in [0.1, 0.15) is 5.15 Å². The third kappa shape index (κ3) is 2.49. The number of aromatic amines is 1. The molecule has 0 aliphatic carbocycles. The van der Waals surface area contributed by atoms with Crippen LogP contribution in [-0.4, -0.2) is 9.55 Å². The highest BCUT2D eigenvalue weighted by Crippen LogP contribution is 2.10. The van der Waals surface area contributed by atoms with Gasteiger partial charge in [0.15, 0.2) is 0 Å². The molecule has 0 aliphatic rings. The third-order valence-electron chi connectivity index (χ3n) is 2.61.